The highest BCUT2D eigenvalue weighted by Gasteiger charge is 2.16. The van der Waals surface area contributed by atoms with Crippen molar-refractivity contribution >= 4 is 44.0 Å². The molecule has 0 aliphatic carbocycles. The molecular formula is C20H16BrN5O. The zero-order valence-electron chi connectivity index (χ0n) is 14.5. The monoisotopic (exact) mass is 421 g/mol. The summed E-state index contributed by atoms with van der Waals surface area (Å²) in [5.74, 6) is 1.44. The van der Waals surface area contributed by atoms with Gasteiger partial charge in [-0.3, -0.25) is 4.98 Å². The molecule has 2 N–H and O–H groups in total. The minimum absolute atomic E-state index is 0.289. The van der Waals surface area contributed by atoms with Crippen LogP contribution in [0.5, 0.6) is 11.6 Å². The summed E-state index contributed by atoms with van der Waals surface area (Å²) < 4.78 is 6.96. The fourth-order valence-corrected chi connectivity index (χ4v) is 3.24. The van der Waals surface area contributed by atoms with Crippen LogP contribution in [0.4, 0.5) is 17.2 Å². The van der Waals surface area contributed by atoms with Crippen molar-refractivity contribution in [1.82, 2.24) is 15.0 Å². The van der Waals surface area contributed by atoms with E-state index in [1.807, 2.05) is 66.5 Å². The van der Waals surface area contributed by atoms with Gasteiger partial charge in [-0.1, -0.05) is 40.2 Å². The van der Waals surface area contributed by atoms with Crippen molar-refractivity contribution in [3.63, 3.8) is 0 Å². The van der Waals surface area contributed by atoms with Gasteiger partial charge in [0, 0.05) is 28.8 Å². The zero-order chi connectivity index (χ0) is 18.8. The molecular weight excluding hydrogens is 406 g/mol. The molecule has 2 heterocycles. The molecule has 0 bridgehead atoms. The van der Waals surface area contributed by atoms with Crippen LogP contribution in [-0.2, 0) is 0 Å². The molecule has 0 saturated heterocycles. The highest BCUT2D eigenvalue weighted by atomic mass is 79.9. The third kappa shape index (κ3) is 3.29. The van der Waals surface area contributed by atoms with E-state index in [0.717, 1.165) is 21.1 Å². The Kier molecular flexibility index (Phi) is 4.60. The minimum Gasteiger partial charge on any atom is -0.435 e. The first kappa shape index (κ1) is 17.2. The summed E-state index contributed by atoms with van der Waals surface area (Å²) in [6, 6.07) is 17.4. The Labute approximate surface area is 164 Å². The van der Waals surface area contributed by atoms with Crippen LogP contribution in [0.1, 0.15) is 0 Å². The summed E-state index contributed by atoms with van der Waals surface area (Å²) in [6.07, 6.45) is 3.16. The lowest BCUT2D eigenvalue weighted by molar-refractivity contribution is 0.468. The first-order valence-corrected chi connectivity index (χ1v) is 9.05. The maximum Gasteiger partial charge on any atom is 0.248 e. The average molecular weight is 422 g/mol. The Morgan fingerprint density at radius 2 is 1.78 bits per heavy atom. The van der Waals surface area contributed by atoms with Crippen molar-refractivity contribution < 1.29 is 4.74 Å². The van der Waals surface area contributed by atoms with Crippen LogP contribution in [0.2, 0.25) is 0 Å². The van der Waals surface area contributed by atoms with Crippen molar-refractivity contribution in [2.75, 3.05) is 17.7 Å². The number of aromatic nitrogens is 3. The van der Waals surface area contributed by atoms with Gasteiger partial charge in [-0.25, -0.2) is 4.98 Å². The van der Waals surface area contributed by atoms with E-state index in [1.54, 1.807) is 6.20 Å². The van der Waals surface area contributed by atoms with E-state index in [9.17, 15) is 0 Å². The molecule has 0 amide bonds. The van der Waals surface area contributed by atoms with Crippen LogP contribution in [0.25, 0.3) is 10.9 Å². The molecule has 27 heavy (non-hydrogen) atoms. The molecule has 6 nitrogen and oxygen atoms in total. The van der Waals surface area contributed by atoms with Crippen molar-refractivity contribution in [2.24, 2.45) is 0 Å². The van der Waals surface area contributed by atoms with Gasteiger partial charge >= 0.3 is 0 Å². The second kappa shape index (κ2) is 7.20. The number of hydrogen-bond acceptors (Lipinski definition) is 6. The van der Waals surface area contributed by atoms with Gasteiger partial charge < -0.3 is 15.4 Å². The number of pyridine rings is 1. The fourth-order valence-electron chi connectivity index (χ4n) is 2.79. The molecule has 0 spiro atoms. The summed E-state index contributed by atoms with van der Waals surface area (Å²) in [4.78, 5) is 14.8. The molecule has 0 saturated carbocycles. The highest BCUT2D eigenvalue weighted by Crippen LogP contribution is 2.37. The number of nitrogens with two attached hydrogens (primary N) is 1. The number of halogens is 1. The van der Waals surface area contributed by atoms with E-state index >= 15 is 0 Å². The van der Waals surface area contributed by atoms with Crippen LogP contribution in [0.15, 0.2) is 71.6 Å². The van der Waals surface area contributed by atoms with Gasteiger partial charge in [-0.2, -0.15) is 4.98 Å². The van der Waals surface area contributed by atoms with Crippen LogP contribution in [0, 0.1) is 0 Å². The lowest BCUT2D eigenvalue weighted by Crippen LogP contribution is -2.14. The maximum absolute atomic E-state index is 6.32. The summed E-state index contributed by atoms with van der Waals surface area (Å²) in [5.41, 5.74) is 8.37. The number of ether oxygens (including phenoxy) is 1. The SMILES string of the molecule is CN(c1ccccc1)c1ncnc(Oc2ccc(Br)c3cccnc23)c1N. The molecule has 0 radical (unpaired) electrons. The molecule has 0 fully saturated rings. The normalized spacial score (nSPS) is 10.7. The fraction of sp³-hybridized carbons (Fsp3) is 0.0500. The number of rotatable bonds is 4. The van der Waals surface area contributed by atoms with E-state index in [1.165, 1.54) is 6.33 Å². The Hall–Kier alpha value is -3.19. The van der Waals surface area contributed by atoms with Crippen LogP contribution >= 0.6 is 15.9 Å². The molecule has 7 heteroatoms. The number of benzene rings is 2. The average Bonchev–Trinajstić information content (AvgIpc) is 2.72. The Bertz CT molecular complexity index is 1100. The third-order valence-corrected chi connectivity index (χ3v) is 4.87. The van der Waals surface area contributed by atoms with Gasteiger partial charge in [-0.15, -0.1) is 0 Å². The quantitative estimate of drug-likeness (QED) is 0.503. The topological polar surface area (TPSA) is 77.2 Å². The van der Waals surface area contributed by atoms with Crippen molar-refractivity contribution in [2.45, 2.75) is 0 Å². The smallest absolute Gasteiger partial charge is 0.248 e. The molecule has 4 aromatic rings. The van der Waals surface area contributed by atoms with Gasteiger partial charge in [-0.05, 0) is 30.3 Å². The summed E-state index contributed by atoms with van der Waals surface area (Å²) >= 11 is 3.53. The number of anilines is 3. The van der Waals surface area contributed by atoms with Crippen LogP contribution < -0.4 is 15.4 Å². The van der Waals surface area contributed by atoms with Gasteiger partial charge in [0.2, 0.25) is 5.88 Å². The predicted molar refractivity (Wildman–Crippen MR) is 110 cm³/mol. The van der Waals surface area contributed by atoms with Gasteiger partial charge in [0.15, 0.2) is 11.6 Å². The third-order valence-electron chi connectivity index (χ3n) is 4.17. The molecule has 134 valence electrons. The molecule has 0 atom stereocenters. The van der Waals surface area contributed by atoms with E-state index in [2.05, 4.69) is 30.9 Å². The standard InChI is InChI=1S/C20H16BrN5O/c1-26(13-6-3-2-4-7-13)19-17(22)20(25-12-24-19)27-16-10-9-15(21)14-8-5-11-23-18(14)16/h2-12H,22H2,1H3. The van der Waals surface area contributed by atoms with E-state index in [-0.39, 0.29) is 5.88 Å². The van der Waals surface area contributed by atoms with Crippen LogP contribution in [-0.4, -0.2) is 22.0 Å². The van der Waals surface area contributed by atoms with E-state index in [0.29, 0.717) is 17.3 Å². The van der Waals surface area contributed by atoms with Crippen LogP contribution in [0.3, 0.4) is 0 Å². The molecule has 2 aromatic heterocycles. The number of nitrogen functional groups attached to an aromatic ring is 1. The molecule has 0 aliphatic rings. The summed E-state index contributed by atoms with van der Waals surface area (Å²) in [6.45, 7) is 0. The molecule has 2 aromatic carbocycles. The number of hydrogen-bond donors (Lipinski definition) is 1. The number of para-hydroxylation sites is 1. The van der Waals surface area contributed by atoms with Crippen molar-refractivity contribution in [3.8, 4) is 11.6 Å². The Morgan fingerprint density at radius 3 is 2.59 bits per heavy atom. The molecule has 0 aliphatic heterocycles. The maximum atomic E-state index is 6.32. The van der Waals surface area contributed by atoms with Crippen molar-refractivity contribution in [1.29, 1.82) is 0 Å². The highest BCUT2D eigenvalue weighted by molar-refractivity contribution is 9.10. The van der Waals surface area contributed by atoms with Crippen molar-refractivity contribution in [3.05, 3.63) is 71.6 Å². The predicted octanol–water partition coefficient (Wildman–Crippen LogP) is 4.93. The number of nitrogens with zero attached hydrogens (tertiary/aromatic N) is 4. The first-order valence-electron chi connectivity index (χ1n) is 8.25. The molecule has 0 unspecified atom stereocenters. The van der Waals surface area contributed by atoms with Gasteiger partial charge in [0.1, 0.15) is 17.5 Å². The lowest BCUT2D eigenvalue weighted by Gasteiger charge is -2.20. The number of fused-ring (bicyclic) bond motifs is 1. The molecule has 4 rings (SSSR count). The van der Waals surface area contributed by atoms with Gasteiger partial charge in [0.05, 0.1) is 0 Å². The Morgan fingerprint density at radius 1 is 0.963 bits per heavy atom. The second-order valence-electron chi connectivity index (χ2n) is 5.86. The summed E-state index contributed by atoms with van der Waals surface area (Å²) in [5, 5.41) is 0.948. The lowest BCUT2D eigenvalue weighted by atomic mass is 10.2. The van der Waals surface area contributed by atoms with Gasteiger partial charge in [0.25, 0.3) is 0 Å². The largest absolute Gasteiger partial charge is 0.435 e. The Balaban J connectivity index is 1.73. The zero-order valence-corrected chi connectivity index (χ0v) is 16.1. The second-order valence-corrected chi connectivity index (χ2v) is 6.71. The summed E-state index contributed by atoms with van der Waals surface area (Å²) in [7, 11) is 1.90. The first-order chi connectivity index (χ1) is 13.1. The van der Waals surface area contributed by atoms with E-state index < -0.39 is 0 Å². The van der Waals surface area contributed by atoms with E-state index in [4.69, 9.17) is 10.5 Å². The minimum atomic E-state index is 0.289.